The third kappa shape index (κ3) is 6.59. The van der Waals surface area contributed by atoms with Crippen molar-refractivity contribution in [2.24, 2.45) is 11.7 Å². The Kier molecular flexibility index (Phi) is 10.5. The van der Waals surface area contributed by atoms with E-state index in [1.807, 2.05) is 13.8 Å². The second-order valence-electron chi connectivity index (χ2n) is 10.5. The van der Waals surface area contributed by atoms with Gasteiger partial charge in [0.25, 0.3) is 0 Å². The van der Waals surface area contributed by atoms with Crippen LogP contribution in [-0.4, -0.2) is 108 Å². The van der Waals surface area contributed by atoms with Gasteiger partial charge in [-0.1, -0.05) is 25.6 Å². The molecule has 3 heterocycles. The maximum atomic E-state index is 13.7. The minimum absolute atomic E-state index is 0.0942. The van der Waals surface area contributed by atoms with Crippen LogP contribution in [0.3, 0.4) is 0 Å². The average molecular weight is 624 g/mol. The lowest BCUT2D eigenvalue weighted by molar-refractivity contribution is -0.192. The standard InChI is InChI=1S/C25H36F3N5O8S/c1-9(2)14-6-33(32-31-14)19-21(37)16(8-35)41-25(23(19)39)42-24-22(38)18(20(36)15(7-34)40-24)30-5-13(29)10-3-11(26)17(28)12(27)4-10/h3-6,9,15-16,18-25,30-32,34-39H,7-8,29H2,1-2H3/b13-5-/t15?,16-,18?,19?,20+,21?,22?,23-,24+,25+/m1/s1. The molecule has 11 N–H and O–H groups in total. The van der Waals surface area contributed by atoms with Crippen molar-refractivity contribution in [3.63, 3.8) is 0 Å². The summed E-state index contributed by atoms with van der Waals surface area (Å²) >= 11 is 0.792. The molecule has 10 atom stereocenters. The Morgan fingerprint density at radius 3 is 2.12 bits per heavy atom. The Bertz CT molecular complexity index is 1150. The normalized spacial score (nSPS) is 35.8. The molecule has 2 fully saturated rings. The molecule has 42 heavy (non-hydrogen) atoms. The number of nitrogens with two attached hydrogens (primary N) is 1. The van der Waals surface area contributed by atoms with Gasteiger partial charge in [0.15, 0.2) is 17.5 Å². The SMILES string of the molecule is CC(C)C1=CN(C2C(O)[C@@H](CO)O[C@@H](S[C@@H]3OC(CO)[C@H](O)C(N/C=C(\N)c4cc(F)c(F)c(F)c4)C3O)[C@@H]2O)NN1. The first-order chi connectivity index (χ1) is 19.9. The number of aliphatic hydroxyl groups is 6. The summed E-state index contributed by atoms with van der Waals surface area (Å²) < 4.78 is 52.1. The van der Waals surface area contributed by atoms with Crippen molar-refractivity contribution in [1.29, 1.82) is 0 Å². The van der Waals surface area contributed by atoms with E-state index in [2.05, 4.69) is 16.3 Å². The van der Waals surface area contributed by atoms with E-state index in [-0.39, 0.29) is 17.2 Å². The molecule has 13 nitrogen and oxygen atoms in total. The van der Waals surface area contributed by atoms with E-state index in [1.165, 1.54) is 5.01 Å². The van der Waals surface area contributed by atoms with Gasteiger partial charge in [0.2, 0.25) is 0 Å². The summed E-state index contributed by atoms with van der Waals surface area (Å²) in [6.45, 7) is 2.62. The fourth-order valence-corrected chi connectivity index (χ4v) is 6.16. The Morgan fingerprint density at radius 1 is 1.00 bits per heavy atom. The van der Waals surface area contributed by atoms with Crippen LogP contribution in [0.1, 0.15) is 19.4 Å². The monoisotopic (exact) mass is 623 g/mol. The molecule has 3 aliphatic rings. The van der Waals surface area contributed by atoms with Gasteiger partial charge in [-0.3, -0.25) is 5.01 Å². The first-order valence-electron chi connectivity index (χ1n) is 13.2. The number of thioether (sulfide) groups is 1. The van der Waals surface area contributed by atoms with Gasteiger partial charge in [-0.05, 0) is 18.1 Å². The number of allylic oxidation sites excluding steroid dienone is 1. The number of nitrogens with one attached hydrogen (secondary N) is 3. The molecular weight excluding hydrogens is 587 g/mol. The van der Waals surface area contributed by atoms with Crippen molar-refractivity contribution >= 4 is 17.5 Å². The summed E-state index contributed by atoms with van der Waals surface area (Å²) in [5, 5.41) is 67.7. The molecule has 0 saturated carbocycles. The molecule has 0 amide bonds. The van der Waals surface area contributed by atoms with E-state index in [9.17, 15) is 43.8 Å². The molecular formula is C25H36F3N5O8S. The van der Waals surface area contributed by atoms with Crippen LogP contribution in [0.25, 0.3) is 5.70 Å². The zero-order valence-corrected chi connectivity index (χ0v) is 23.5. The van der Waals surface area contributed by atoms with Crippen LogP contribution in [0.2, 0.25) is 0 Å². The van der Waals surface area contributed by atoms with E-state index in [1.54, 1.807) is 6.20 Å². The van der Waals surface area contributed by atoms with E-state index in [0.29, 0.717) is 12.1 Å². The molecule has 17 heteroatoms. The van der Waals surface area contributed by atoms with E-state index < -0.39 is 90.2 Å². The molecule has 0 radical (unpaired) electrons. The van der Waals surface area contributed by atoms with Gasteiger partial charge >= 0.3 is 0 Å². The van der Waals surface area contributed by atoms with Crippen LogP contribution in [0.4, 0.5) is 13.2 Å². The van der Waals surface area contributed by atoms with Crippen molar-refractivity contribution in [3.05, 3.63) is 53.2 Å². The minimum atomic E-state index is -1.67. The molecule has 1 aromatic carbocycles. The highest BCUT2D eigenvalue weighted by molar-refractivity contribution is 8.00. The largest absolute Gasteiger partial charge is 0.397 e. The average Bonchev–Trinajstić information content (AvgIpc) is 3.44. The summed E-state index contributed by atoms with van der Waals surface area (Å²) in [7, 11) is 0. The molecule has 5 unspecified atom stereocenters. The zero-order valence-electron chi connectivity index (χ0n) is 22.6. The molecule has 0 bridgehead atoms. The summed E-state index contributed by atoms with van der Waals surface area (Å²) in [5.41, 5.74) is 9.60. The summed E-state index contributed by atoms with van der Waals surface area (Å²) in [6.07, 6.45) is -5.39. The number of hydrogen-bond donors (Lipinski definition) is 10. The first kappa shape index (κ1) is 32.6. The van der Waals surface area contributed by atoms with Gasteiger partial charge in [0.05, 0.1) is 25.0 Å². The van der Waals surface area contributed by atoms with Gasteiger partial charge in [0, 0.05) is 23.7 Å². The van der Waals surface area contributed by atoms with Crippen molar-refractivity contribution in [2.75, 3.05) is 13.2 Å². The highest BCUT2D eigenvalue weighted by Gasteiger charge is 2.51. The molecule has 0 aliphatic carbocycles. The Morgan fingerprint density at radius 2 is 1.57 bits per heavy atom. The highest BCUT2D eigenvalue weighted by Crippen LogP contribution is 2.38. The van der Waals surface area contributed by atoms with Crippen LogP contribution in [-0.2, 0) is 9.47 Å². The van der Waals surface area contributed by atoms with Crippen molar-refractivity contribution in [3.8, 4) is 0 Å². The number of ether oxygens (including phenoxy) is 2. The lowest BCUT2D eigenvalue weighted by Crippen LogP contribution is -2.66. The van der Waals surface area contributed by atoms with Gasteiger partial charge in [-0.2, -0.15) is 0 Å². The highest BCUT2D eigenvalue weighted by atomic mass is 32.2. The first-order valence-corrected chi connectivity index (χ1v) is 14.1. The van der Waals surface area contributed by atoms with Gasteiger partial charge in [-0.25, -0.2) is 13.2 Å². The number of rotatable bonds is 9. The maximum Gasteiger partial charge on any atom is 0.194 e. The lowest BCUT2D eigenvalue weighted by atomic mass is 9.96. The second kappa shape index (κ2) is 13.5. The Hall–Kier alpha value is -2.32. The topological polar surface area (TPSA) is 205 Å². The number of halogens is 3. The number of hydrazine groups is 2. The van der Waals surface area contributed by atoms with Crippen LogP contribution >= 0.6 is 11.8 Å². The fourth-order valence-electron chi connectivity index (χ4n) is 4.83. The second-order valence-corrected chi connectivity index (χ2v) is 11.7. The van der Waals surface area contributed by atoms with Gasteiger partial charge < -0.3 is 56.6 Å². The molecule has 4 rings (SSSR count). The Labute approximate surface area is 243 Å². The lowest BCUT2D eigenvalue weighted by Gasteiger charge is -2.47. The minimum Gasteiger partial charge on any atom is -0.397 e. The van der Waals surface area contributed by atoms with E-state index >= 15 is 0 Å². The van der Waals surface area contributed by atoms with Gasteiger partial charge in [-0.15, -0.1) is 5.53 Å². The number of nitrogens with zero attached hydrogens (tertiary/aromatic N) is 1. The van der Waals surface area contributed by atoms with E-state index in [0.717, 1.165) is 23.7 Å². The van der Waals surface area contributed by atoms with E-state index in [4.69, 9.17) is 15.2 Å². The van der Waals surface area contributed by atoms with Crippen LogP contribution in [0.5, 0.6) is 0 Å². The predicted molar refractivity (Wildman–Crippen MR) is 143 cm³/mol. The quantitative estimate of drug-likeness (QED) is 0.137. The van der Waals surface area contributed by atoms with Gasteiger partial charge in [0.1, 0.15) is 53.5 Å². The van der Waals surface area contributed by atoms with Crippen LogP contribution in [0, 0.1) is 23.4 Å². The van der Waals surface area contributed by atoms with Crippen LogP contribution < -0.4 is 22.0 Å². The summed E-state index contributed by atoms with van der Waals surface area (Å²) in [4.78, 5) is 0. The maximum absolute atomic E-state index is 13.7. The summed E-state index contributed by atoms with van der Waals surface area (Å²) in [6, 6.07) is -0.914. The van der Waals surface area contributed by atoms with Crippen molar-refractivity contribution in [1.82, 2.24) is 21.3 Å². The number of hydrogen-bond acceptors (Lipinski definition) is 14. The zero-order chi connectivity index (χ0) is 30.9. The molecule has 236 valence electrons. The molecule has 0 spiro atoms. The molecule has 1 aromatic rings. The molecule has 3 aliphatic heterocycles. The van der Waals surface area contributed by atoms with Crippen molar-refractivity contribution < 1.29 is 53.3 Å². The Balaban J connectivity index is 1.53. The third-order valence-electron chi connectivity index (χ3n) is 7.30. The summed E-state index contributed by atoms with van der Waals surface area (Å²) in [5.74, 6) is -4.50. The fraction of sp³-hybridized carbons (Fsp3) is 0.600. The number of benzene rings is 1. The smallest absolute Gasteiger partial charge is 0.194 e. The predicted octanol–water partition coefficient (Wildman–Crippen LogP) is -1.88. The van der Waals surface area contributed by atoms with Crippen molar-refractivity contribution in [2.45, 2.75) is 73.4 Å². The number of aliphatic hydroxyl groups excluding tert-OH is 6. The van der Waals surface area contributed by atoms with Crippen LogP contribution in [0.15, 0.2) is 30.2 Å². The third-order valence-corrected chi connectivity index (χ3v) is 8.62. The molecule has 2 saturated heterocycles. The molecule has 0 aromatic heterocycles.